The molecular formula is C21H21ClFN5O4. The van der Waals surface area contributed by atoms with E-state index in [1.54, 1.807) is 24.0 Å². The Bertz CT molecular complexity index is 1070. The monoisotopic (exact) mass is 461 g/mol. The van der Waals surface area contributed by atoms with Crippen LogP contribution in [-0.4, -0.2) is 53.6 Å². The number of ether oxygens (including phenoxy) is 2. The molecule has 0 amide bonds. The van der Waals surface area contributed by atoms with Crippen molar-refractivity contribution in [2.75, 3.05) is 36.6 Å². The molecule has 1 aliphatic heterocycles. The topological polar surface area (TPSA) is 109 Å². The second kappa shape index (κ2) is 10.7. The average molecular weight is 462 g/mol. The van der Waals surface area contributed by atoms with Gasteiger partial charge in [0.2, 0.25) is 5.95 Å². The van der Waals surface area contributed by atoms with E-state index in [4.69, 9.17) is 21.1 Å². The standard InChI is InChI=1S/C21H21ClFN5O4/c1-3-15(32-13(2)14-4-5-17(22)16(10-14)20(29)30)11-25-27-21-24-12-18(23)19(26-21)28-6-8-31-9-7-28/h3-5,10-12H,2,6-9H2,1H3,(H,29,30)(H,24,26,27)/b15-3-,25-11-. The second-order valence-electron chi connectivity index (χ2n) is 6.55. The molecule has 1 fully saturated rings. The number of hydrazone groups is 1. The maximum Gasteiger partial charge on any atom is 0.337 e. The Labute approximate surface area is 188 Å². The summed E-state index contributed by atoms with van der Waals surface area (Å²) in [6.45, 7) is 7.60. The number of aromatic nitrogens is 2. The maximum atomic E-state index is 14.1. The van der Waals surface area contributed by atoms with Crippen molar-refractivity contribution in [2.45, 2.75) is 6.92 Å². The van der Waals surface area contributed by atoms with Crippen molar-refractivity contribution in [3.05, 3.63) is 64.8 Å². The van der Waals surface area contributed by atoms with Gasteiger partial charge < -0.3 is 19.5 Å². The summed E-state index contributed by atoms with van der Waals surface area (Å²) in [6, 6.07) is 4.42. The van der Waals surface area contributed by atoms with Gasteiger partial charge in [0.1, 0.15) is 11.5 Å². The van der Waals surface area contributed by atoms with Gasteiger partial charge in [-0.2, -0.15) is 10.1 Å². The number of rotatable bonds is 8. The number of halogens is 2. The van der Waals surface area contributed by atoms with Gasteiger partial charge in [-0.3, -0.25) is 0 Å². The Morgan fingerprint density at radius 3 is 2.88 bits per heavy atom. The molecule has 0 radical (unpaired) electrons. The Kier molecular flexibility index (Phi) is 7.74. The second-order valence-corrected chi connectivity index (χ2v) is 6.96. The van der Waals surface area contributed by atoms with Crippen molar-refractivity contribution >= 4 is 41.3 Å². The van der Waals surface area contributed by atoms with Crippen molar-refractivity contribution in [1.82, 2.24) is 9.97 Å². The minimum absolute atomic E-state index is 0.0594. The van der Waals surface area contributed by atoms with Crippen LogP contribution in [0.2, 0.25) is 5.02 Å². The first-order chi connectivity index (χ1) is 15.4. The fraction of sp³-hybridized carbons (Fsp3) is 0.238. The van der Waals surface area contributed by atoms with Crippen LogP contribution in [0.5, 0.6) is 0 Å². The highest BCUT2D eigenvalue weighted by Gasteiger charge is 2.18. The molecule has 0 spiro atoms. The van der Waals surface area contributed by atoms with Gasteiger partial charge in [0.25, 0.3) is 0 Å². The summed E-state index contributed by atoms with van der Waals surface area (Å²) >= 11 is 5.89. The lowest BCUT2D eigenvalue weighted by molar-refractivity contribution is 0.0697. The third kappa shape index (κ3) is 5.80. The number of hydrogen-bond acceptors (Lipinski definition) is 8. The molecule has 1 aromatic carbocycles. The summed E-state index contributed by atoms with van der Waals surface area (Å²) in [6.07, 6.45) is 4.07. The number of nitrogens with zero attached hydrogens (tertiary/aromatic N) is 4. The van der Waals surface area contributed by atoms with Crippen LogP contribution < -0.4 is 10.3 Å². The number of aromatic carboxylic acids is 1. The molecule has 0 unspecified atom stereocenters. The molecule has 3 rings (SSSR count). The van der Waals surface area contributed by atoms with E-state index in [-0.39, 0.29) is 28.1 Å². The van der Waals surface area contributed by atoms with E-state index in [2.05, 4.69) is 27.1 Å². The summed E-state index contributed by atoms with van der Waals surface area (Å²) in [5.41, 5.74) is 3.03. The zero-order chi connectivity index (χ0) is 23.1. The number of morpholine rings is 1. The summed E-state index contributed by atoms with van der Waals surface area (Å²) in [5.74, 6) is -0.867. The zero-order valence-corrected chi connectivity index (χ0v) is 18.0. The largest absolute Gasteiger partial charge is 0.478 e. The van der Waals surface area contributed by atoms with Crippen LogP contribution >= 0.6 is 11.6 Å². The first kappa shape index (κ1) is 23.2. The highest BCUT2D eigenvalue weighted by molar-refractivity contribution is 6.33. The molecule has 2 aromatic rings. The molecule has 9 nitrogen and oxygen atoms in total. The van der Waals surface area contributed by atoms with Crippen molar-refractivity contribution in [1.29, 1.82) is 0 Å². The summed E-state index contributed by atoms with van der Waals surface area (Å²) in [7, 11) is 0. The van der Waals surface area contributed by atoms with E-state index < -0.39 is 11.8 Å². The molecular weight excluding hydrogens is 441 g/mol. The normalized spacial score (nSPS) is 14.5. The Hall–Kier alpha value is -3.50. The Morgan fingerprint density at radius 2 is 2.19 bits per heavy atom. The number of benzene rings is 1. The van der Waals surface area contributed by atoms with E-state index in [0.717, 1.165) is 6.20 Å². The molecule has 1 aromatic heterocycles. The van der Waals surface area contributed by atoms with Crippen LogP contribution in [0, 0.1) is 5.82 Å². The van der Waals surface area contributed by atoms with Gasteiger partial charge in [-0.05, 0) is 31.2 Å². The van der Waals surface area contributed by atoms with Gasteiger partial charge >= 0.3 is 5.97 Å². The highest BCUT2D eigenvalue weighted by atomic mass is 35.5. The van der Waals surface area contributed by atoms with Gasteiger partial charge in [-0.15, -0.1) is 0 Å². The fourth-order valence-corrected chi connectivity index (χ4v) is 2.98. The number of carbonyl (C=O) groups is 1. The van der Waals surface area contributed by atoms with Crippen molar-refractivity contribution in [3.63, 3.8) is 0 Å². The van der Waals surface area contributed by atoms with E-state index in [0.29, 0.717) is 37.6 Å². The zero-order valence-electron chi connectivity index (χ0n) is 17.2. The van der Waals surface area contributed by atoms with Gasteiger partial charge in [0.15, 0.2) is 11.6 Å². The third-order valence-corrected chi connectivity index (χ3v) is 4.77. The van der Waals surface area contributed by atoms with Gasteiger partial charge in [0.05, 0.1) is 36.2 Å². The van der Waals surface area contributed by atoms with E-state index >= 15 is 0 Å². The molecule has 11 heteroatoms. The molecule has 2 N–H and O–H groups in total. The van der Waals surface area contributed by atoms with Crippen molar-refractivity contribution in [2.24, 2.45) is 5.10 Å². The minimum atomic E-state index is -1.16. The first-order valence-corrected chi connectivity index (χ1v) is 9.97. The SMILES string of the molecule is C=C(OC(/C=N\Nc1ncc(F)c(N2CCOCC2)n1)=C\C)c1ccc(Cl)c(C(=O)O)c1. The molecule has 32 heavy (non-hydrogen) atoms. The number of carboxylic acid groups (broad SMARTS) is 1. The fourth-order valence-electron chi connectivity index (χ4n) is 2.79. The number of carboxylic acids is 1. The molecule has 0 saturated carbocycles. The third-order valence-electron chi connectivity index (χ3n) is 4.44. The summed E-state index contributed by atoms with van der Waals surface area (Å²) < 4.78 is 25.0. The maximum absolute atomic E-state index is 14.1. The quantitative estimate of drug-likeness (QED) is 0.347. The molecule has 168 valence electrons. The molecule has 0 atom stereocenters. The van der Waals surface area contributed by atoms with Crippen LogP contribution in [0.4, 0.5) is 16.2 Å². The predicted octanol–water partition coefficient (Wildman–Crippen LogP) is 3.79. The molecule has 1 aliphatic rings. The van der Waals surface area contributed by atoms with Crippen molar-refractivity contribution in [3.8, 4) is 0 Å². The van der Waals surface area contributed by atoms with Crippen LogP contribution in [0.25, 0.3) is 5.76 Å². The van der Waals surface area contributed by atoms with Gasteiger partial charge in [-0.1, -0.05) is 18.2 Å². The number of nitrogens with one attached hydrogen (secondary N) is 1. The Balaban J connectivity index is 1.65. The van der Waals surface area contributed by atoms with Crippen LogP contribution in [-0.2, 0) is 9.47 Å². The summed E-state index contributed by atoms with van der Waals surface area (Å²) in [5, 5.41) is 13.3. The molecule has 0 bridgehead atoms. The van der Waals surface area contributed by atoms with Crippen molar-refractivity contribution < 1.29 is 23.8 Å². The predicted molar refractivity (Wildman–Crippen MR) is 119 cm³/mol. The van der Waals surface area contributed by atoms with Crippen LogP contribution in [0.15, 0.2) is 47.9 Å². The lowest BCUT2D eigenvalue weighted by atomic mass is 10.1. The van der Waals surface area contributed by atoms with Crippen LogP contribution in [0.1, 0.15) is 22.8 Å². The highest BCUT2D eigenvalue weighted by Crippen LogP contribution is 2.24. The average Bonchev–Trinajstić information content (AvgIpc) is 2.80. The smallest absolute Gasteiger partial charge is 0.337 e. The number of allylic oxidation sites excluding steroid dienone is 2. The Morgan fingerprint density at radius 1 is 1.44 bits per heavy atom. The van der Waals surface area contributed by atoms with Crippen LogP contribution in [0.3, 0.4) is 0 Å². The summed E-state index contributed by atoms with van der Waals surface area (Å²) in [4.78, 5) is 21.1. The molecule has 2 heterocycles. The first-order valence-electron chi connectivity index (χ1n) is 9.59. The number of anilines is 2. The van der Waals surface area contributed by atoms with Gasteiger partial charge in [0, 0.05) is 18.7 Å². The van der Waals surface area contributed by atoms with E-state index in [1.807, 2.05) is 0 Å². The van der Waals surface area contributed by atoms with E-state index in [1.165, 1.54) is 18.3 Å². The lowest BCUT2D eigenvalue weighted by Gasteiger charge is -2.27. The van der Waals surface area contributed by atoms with Gasteiger partial charge in [-0.25, -0.2) is 19.6 Å². The van der Waals surface area contributed by atoms with E-state index in [9.17, 15) is 14.3 Å². The minimum Gasteiger partial charge on any atom is -0.478 e. The molecule has 1 saturated heterocycles. The lowest BCUT2D eigenvalue weighted by Crippen LogP contribution is -2.37. The number of hydrogen-bond donors (Lipinski definition) is 2. The molecule has 0 aliphatic carbocycles.